The van der Waals surface area contributed by atoms with E-state index < -0.39 is 17.8 Å². The number of hydrogen-bond acceptors (Lipinski definition) is 3. The highest BCUT2D eigenvalue weighted by atomic mass is 35.5. The lowest BCUT2D eigenvalue weighted by Gasteiger charge is -2.35. The molecule has 6 heteroatoms. The third kappa shape index (κ3) is 2.70. The van der Waals surface area contributed by atoms with E-state index >= 15 is 0 Å². The standard InChI is InChI=1S/C17H15Cl2NO3/c1-8-13(17(22)23)16(14-9(18)4-2-5-10(14)19)15-11(20-8)6-3-7-12(15)21/h2,4-5,15-16H,3,6-7H2,1H3,(H,22,23). The highest BCUT2D eigenvalue weighted by Gasteiger charge is 2.44. The first kappa shape index (κ1) is 16.2. The van der Waals surface area contributed by atoms with Crippen molar-refractivity contribution in [3.05, 3.63) is 45.1 Å². The number of halogens is 2. The quantitative estimate of drug-likeness (QED) is 0.865. The monoisotopic (exact) mass is 351 g/mol. The van der Waals surface area contributed by atoms with Crippen molar-refractivity contribution in [2.75, 3.05) is 0 Å². The van der Waals surface area contributed by atoms with E-state index in [4.69, 9.17) is 23.2 Å². The van der Waals surface area contributed by atoms with Crippen LogP contribution in [0.2, 0.25) is 10.0 Å². The molecule has 0 aromatic heterocycles. The number of carbonyl (C=O) groups is 2. The number of aliphatic carboxylic acids is 1. The van der Waals surface area contributed by atoms with E-state index in [1.165, 1.54) is 0 Å². The molecule has 0 spiro atoms. The van der Waals surface area contributed by atoms with Gasteiger partial charge in [-0.25, -0.2) is 4.79 Å². The summed E-state index contributed by atoms with van der Waals surface area (Å²) in [6, 6.07) is 5.03. The number of hydrogen-bond donors (Lipinski definition) is 1. The number of fused-ring (bicyclic) bond motifs is 1. The summed E-state index contributed by atoms with van der Waals surface area (Å²) in [5.41, 5.74) is 1.76. The minimum atomic E-state index is -1.09. The van der Waals surface area contributed by atoms with Gasteiger partial charge in [-0.2, -0.15) is 0 Å². The van der Waals surface area contributed by atoms with Crippen molar-refractivity contribution in [1.29, 1.82) is 0 Å². The molecule has 4 nitrogen and oxygen atoms in total. The van der Waals surface area contributed by atoms with E-state index in [0.29, 0.717) is 34.1 Å². The molecule has 1 N–H and O–H groups in total. The van der Waals surface area contributed by atoms with Crippen molar-refractivity contribution in [2.24, 2.45) is 10.9 Å². The van der Waals surface area contributed by atoms with Crippen LogP contribution < -0.4 is 0 Å². The van der Waals surface area contributed by atoms with Gasteiger partial charge in [0.05, 0.1) is 11.5 Å². The molecule has 0 radical (unpaired) electrons. The molecule has 2 atom stereocenters. The zero-order valence-electron chi connectivity index (χ0n) is 12.5. The van der Waals surface area contributed by atoms with Gasteiger partial charge in [-0.05, 0) is 37.5 Å². The molecular weight excluding hydrogens is 337 g/mol. The Hall–Kier alpha value is -1.65. The number of carboxylic acids is 1. The number of nitrogens with zero attached hydrogens (tertiary/aromatic N) is 1. The molecule has 2 unspecified atom stereocenters. The molecule has 23 heavy (non-hydrogen) atoms. The highest BCUT2D eigenvalue weighted by Crippen LogP contribution is 2.46. The molecule has 2 aliphatic rings. The van der Waals surface area contributed by atoms with E-state index in [2.05, 4.69) is 4.99 Å². The van der Waals surface area contributed by atoms with Gasteiger partial charge in [-0.3, -0.25) is 9.79 Å². The fourth-order valence-electron chi connectivity index (χ4n) is 3.52. The van der Waals surface area contributed by atoms with Crippen LogP contribution in [0.1, 0.15) is 37.7 Å². The highest BCUT2D eigenvalue weighted by molar-refractivity contribution is 6.36. The summed E-state index contributed by atoms with van der Waals surface area (Å²) in [5.74, 6) is -2.36. The topological polar surface area (TPSA) is 66.7 Å². The average molecular weight is 352 g/mol. The number of Topliss-reactive ketones (excluding diaryl/α,β-unsaturated/α-hetero) is 1. The summed E-state index contributed by atoms with van der Waals surface area (Å²) in [6.45, 7) is 1.66. The third-order valence-corrected chi connectivity index (χ3v) is 5.11. The van der Waals surface area contributed by atoms with E-state index in [9.17, 15) is 14.7 Å². The van der Waals surface area contributed by atoms with Gasteiger partial charge in [0, 0.05) is 33.8 Å². The molecule has 1 saturated carbocycles. The maximum atomic E-state index is 12.5. The first-order valence-corrected chi connectivity index (χ1v) is 8.15. The number of carbonyl (C=O) groups excluding carboxylic acids is 1. The summed E-state index contributed by atoms with van der Waals surface area (Å²) in [4.78, 5) is 28.8. The van der Waals surface area contributed by atoms with E-state index in [1.54, 1.807) is 25.1 Å². The summed E-state index contributed by atoms with van der Waals surface area (Å²) in [7, 11) is 0. The SMILES string of the molecule is CC1=C(C(=O)O)C(c2c(Cl)cccc2Cl)C2C(=O)CCCC2=N1. The van der Waals surface area contributed by atoms with Crippen LogP contribution in [0.25, 0.3) is 0 Å². The van der Waals surface area contributed by atoms with E-state index in [0.717, 1.165) is 12.1 Å². The van der Waals surface area contributed by atoms with Crippen LogP contribution in [0.3, 0.4) is 0 Å². The van der Waals surface area contributed by atoms with Crippen molar-refractivity contribution in [1.82, 2.24) is 0 Å². The van der Waals surface area contributed by atoms with Crippen LogP contribution in [0, 0.1) is 5.92 Å². The number of rotatable bonds is 2. The number of ketones is 1. The van der Waals surface area contributed by atoms with Crippen LogP contribution in [0.5, 0.6) is 0 Å². The normalized spacial score (nSPS) is 24.3. The predicted octanol–water partition coefficient (Wildman–Crippen LogP) is 4.26. The van der Waals surface area contributed by atoms with E-state index in [1.807, 2.05) is 0 Å². The summed E-state index contributed by atoms with van der Waals surface area (Å²) in [6.07, 6.45) is 1.86. The molecule has 120 valence electrons. The molecule has 1 aliphatic carbocycles. The molecule has 1 aliphatic heterocycles. The molecule has 1 aromatic rings. The summed E-state index contributed by atoms with van der Waals surface area (Å²) < 4.78 is 0. The van der Waals surface area contributed by atoms with Crippen molar-refractivity contribution in [2.45, 2.75) is 32.1 Å². The number of allylic oxidation sites excluding steroid dienone is 1. The van der Waals surface area contributed by atoms with Gasteiger partial charge in [0.15, 0.2) is 0 Å². The zero-order chi connectivity index (χ0) is 16.7. The number of carboxylic acid groups (broad SMARTS) is 1. The minimum Gasteiger partial charge on any atom is -0.478 e. The Morgan fingerprint density at radius 2 is 1.87 bits per heavy atom. The van der Waals surface area contributed by atoms with Crippen LogP contribution in [0.15, 0.2) is 34.5 Å². The largest absolute Gasteiger partial charge is 0.478 e. The summed E-state index contributed by atoms with van der Waals surface area (Å²) >= 11 is 12.6. The van der Waals surface area contributed by atoms with Crippen molar-refractivity contribution >= 4 is 40.7 Å². The third-order valence-electron chi connectivity index (χ3n) is 4.45. The Balaban J connectivity index is 2.27. The lowest BCUT2D eigenvalue weighted by atomic mass is 9.69. The Bertz CT molecular complexity index is 747. The van der Waals surface area contributed by atoms with Crippen LogP contribution >= 0.6 is 23.2 Å². The second kappa shape index (κ2) is 6.10. The molecule has 1 aromatic carbocycles. The van der Waals surface area contributed by atoms with Crippen molar-refractivity contribution in [3.63, 3.8) is 0 Å². The Morgan fingerprint density at radius 3 is 2.48 bits per heavy atom. The first-order chi connectivity index (χ1) is 10.9. The Labute approximate surface area is 143 Å². The van der Waals surface area contributed by atoms with Gasteiger partial charge >= 0.3 is 5.97 Å². The van der Waals surface area contributed by atoms with Gasteiger partial charge in [0.1, 0.15) is 5.78 Å². The minimum absolute atomic E-state index is 0.00207. The smallest absolute Gasteiger partial charge is 0.334 e. The lowest BCUT2D eigenvalue weighted by molar-refractivity contribution is -0.133. The fourth-order valence-corrected chi connectivity index (χ4v) is 4.15. The molecule has 0 amide bonds. The Morgan fingerprint density at radius 1 is 1.22 bits per heavy atom. The predicted molar refractivity (Wildman–Crippen MR) is 89.3 cm³/mol. The zero-order valence-corrected chi connectivity index (χ0v) is 14.0. The van der Waals surface area contributed by atoms with Gasteiger partial charge in [-0.1, -0.05) is 29.3 Å². The van der Waals surface area contributed by atoms with Crippen LogP contribution in [-0.4, -0.2) is 22.6 Å². The van der Waals surface area contributed by atoms with Crippen LogP contribution in [0.4, 0.5) is 0 Å². The Kier molecular flexibility index (Phi) is 4.30. The summed E-state index contributed by atoms with van der Waals surface area (Å²) in [5, 5.41) is 10.4. The molecule has 1 heterocycles. The molecule has 1 fully saturated rings. The molecule has 3 rings (SSSR count). The first-order valence-electron chi connectivity index (χ1n) is 7.40. The second-order valence-electron chi connectivity index (χ2n) is 5.82. The number of aliphatic imine (C=N–C) groups is 1. The van der Waals surface area contributed by atoms with Crippen molar-refractivity contribution < 1.29 is 14.7 Å². The molecule has 0 bridgehead atoms. The van der Waals surface area contributed by atoms with Gasteiger partial charge < -0.3 is 5.11 Å². The van der Waals surface area contributed by atoms with Crippen LogP contribution in [-0.2, 0) is 9.59 Å². The number of benzene rings is 1. The van der Waals surface area contributed by atoms with Gasteiger partial charge in [0.25, 0.3) is 0 Å². The maximum Gasteiger partial charge on any atom is 0.334 e. The van der Waals surface area contributed by atoms with E-state index in [-0.39, 0.29) is 11.4 Å². The van der Waals surface area contributed by atoms with Crippen molar-refractivity contribution in [3.8, 4) is 0 Å². The van der Waals surface area contributed by atoms with Gasteiger partial charge in [0.2, 0.25) is 0 Å². The molecule has 0 saturated heterocycles. The maximum absolute atomic E-state index is 12.5. The fraction of sp³-hybridized carbons (Fsp3) is 0.353. The lowest BCUT2D eigenvalue weighted by Crippen LogP contribution is -2.39. The average Bonchev–Trinajstić information content (AvgIpc) is 2.46. The molecular formula is C17H15Cl2NO3. The second-order valence-corrected chi connectivity index (χ2v) is 6.63. The van der Waals surface area contributed by atoms with Gasteiger partial charge in [-0.15, -0.1) is 0 Å².